The number of pyridine rings is 2. The van der Waals surface area contributed by atoms with Crippen LogP contribution < -0.4 is 14.8 Å². The van der Waals surface area contributed by atoms with Gasteiger partial charge in [0.05, 0.1) is 12.1 Å². The van der Waals surface area contributed by atoms with Crippen LogP contribution in [0.15, 0.2) is 54.7 Å². The first-order valence-electron chi connectivity index (χ1n) is 8.84. The van der Waals surface area contributed by atoms with E-state index >= 15 is 0 Å². The first-order chi connectivity index (χ1) is 13.7. The Morgan fingerprint density at radius 2 is 2.07 bits per heavy atom. The minimum Gasteiger partial charge on any atom is -0.468 e. The van der Waals surface area contributed by atoms with Gasteiger partial charge in [0.25, 0.3) is 5.91 Å². The van der Waals surface area contributed by atoms with Crippen molar-refractivity contribution in [1.82, 2.24) is 20.2 Å². The highest BCUT2D eigenvalue weighted by Crippen LogP contribution is 2.25. The molecule has 1 saturated heterocycles. The van der Waals surface area contributed by atoms with Gasteiger partial charge in [-0.15, -0.1) is 0 Å². The number of carbonyl (C=O) groups excluding carboxylic acids is 2. The Morgan fingerprint density at radius 3 is 2.89 bits per heavy atom. The second kappa shape index (κ2) is 7.91. The topological polar surface area (TPSA) is 93.7 Å². The molecule has 0 atom stereocenters. The normalized spacial score (nSPS) is 13.9. The number of nitrogens with zero attached hydrogens (tertiary/aromatic N) is 3. The predicted molar refractivity (Wildman–Crippen MR) is 101 cm³/mol. The number of ether oxygens (including phenoxy) is 2. The maximum atomic E-state index is 12.2. The van der Waals surface area contributed by atoms with Gasteiger partial charge in [0, 0.05) is 36.8 Å². The molecule has 0 saturated carbocycles. The predicted octanol–water partition coefficient (Wildman–Crippen LogP) is 1.76. The summed E-state index contributed by atoms with van der Waals surface area (Å²) >= 11 is 0. The van der Waals surface area contributed by atoms with E-state index in [4.69, 9.17) is 9.47 Å². The molecule has 8 heteroatoms. The van der Waals surface area contributed by atoms with Crippen molar-refractivity contribution in [2.24, 2.45) is 0 Å². The molecule has 3 aromatic rings. The highest BCUT2D eigenvalue weighted by atomic mass is 16.5. The summed E-state index contributed by atoms with van der Waals surface area (Å²) in [7, 11) is 0. The van der Waals surface area contributed by atoms with Crippen LogP contribution in [0.5, 0.6) is 17.5 Å². The lowest BCUT2D eigenvalue weighted by atomic mass is 10.2. The molecule has 0 aliphatic carbocycles. The van der Waals surface area contributed by atoms with Gasteiger partial charge in [-0.2, -0.15) is 0 Å². The number of rotatable bonds is 5. The number of fused-ring (bicyclic) bond motifs is 1. The van der Waals surface area contributed by atoms with Crippen molar-refractivity contribution < 1.29 is 19.1 Å². The summed E-state index contributed by atoms with van der Waals surface area (Å²) in [5.41, 5.74) is 0.718. The minimum atomic E-state index is -0.240. The van der Waals surface area contributed by atoms with Crippen LogP contribution in [-0.4, -0.2) is 52.9 Å². The Hall–Kier alpha value is -3.68. The molecule has 0 bridgehead atoms. The molecule has 1 aromatic carbocycles. The molecular weight excluding hydrogens is 360 g/mol. The first-order valence-corrected chi connectivity index (χ1v) is 8.84. The van der Waals surface area contributed by atoms with Gasteiger partial charge < -0.3 is 19.7 Å². The van der Waals surface area contributed by atoms with E-state index in [-0.39, 0.29) is 25.0 Å². The van der Waals surface area contributed by atoms with Crippen LogP contribution in [0.1, 0.15) is 0 Å². The van der Waals surface area contributed by atoms with E-state index in [2.05, 4.69) is 15.3 Å². The molecule has 1 aliphatic heterocycles. The smallest absolute Gasteiger partial charge is 0.261 e. The van der Waals surface area contributed by atoms with Crippen molar-refractivity contribution in [2.45, 2.75) is 0 Å². The summed E-state index contributed by atoms with van der Waals surface area (Å²) in [6, 6.07) is 14.5. The third kappa shape index (κ3) is 4.17. The zero-order chi connectivity index (χ0) is 19.3. The summed E-state index contributed by atoms with van der Waals surface area (Å²) in [4.78, 5) is 33.6. The largest absolute Gasteiger partial charge is 0.468 e. The van der Waals surface area contributed by atoms with Crippen molar-refractivity contribution >= 4 is 22.7 Å². The Morgan fingerprint density at radius 1 is 1.14 bits per heavy atom. The quantitative estimate of drug-likeness (QED) is 0.727. The second-order valence-corrected chi connectivity index (χ2v) is 6.23. The number of nitrogens with one attached hydrogen (secondary N) is 1. The second-order valence-electron chi connectivity index (χ2n) is 6.23. The number of carbonyl (C=O) groups is 2. The van der Waals surface area contributed by atoms with Crippen LogP contribution >= 0.6 is 0 Å². The summed E-state index contributed by atoms with van der Waals surface area (Å²) in [6.45, 7) is 0.846. The van der Waals surface area contributed by atoms with Gasteiger partial charge >= 0.3 is 0 Å². The number of hydrogen-bond acceptors (Lipinski definition) is 6. The van der Waals surface area contributed by atoms with Crippen molar-refractivity contribution in [2.75, 3.05) is 26.2 Å². The number of hydrogen-bond donors (Lipinski definition) is 1. The van der Waals surface area contributed by atoms with Crippen LogP contribution in [0.4, 0.5) is 0 Å². The molecular formula is C20H18N4O4. The van der Waals surface area contributed by atoms with Crippen LogP contribution in [0.2, 0.25) is 0 Å². The zero-order valence-electron chi connectivity index (χ0n) is 15.0. The summed E-state index contributed by atoms with van der Waals surface area (Å²) in [5.74, 6) is 1.11. The van der Waals surface area contributed by atoms with E-state index < -0.39 is 0 Å². The van der Waals surface area contributed by atoms with Crippen LogP contribution in [0.25, 0.3) is 10.9 Å². The van der Waals surface area contributed by atoms with Gasteiger partial charge in [0.1, 0.15) is 5.75 Å². The van der Waals surface area contributed by atoms with Gasteiger partial charge in [-0.3, -0.25) is 9.59 Å². The van der Waals surface area contributed by atoms with E-state index in [9.17, 15) is 9.59 Å². The molecule has 0 unspecified atom stereocenters. The van der Waals surface area contributed by atoms with Crippen molar-refractivity contribution in [3.05, 3.63) is 54.7 Å². The molecule has 2 aromatic heterocycles. The summed E-state index contributed by atoms with van der Waals surface area (Å²) < 4.78 is 11.2. The van der Waals surface area contributed by atoms with E-state index in [0.29, 0.717) is 30.6 Å². The molecule has 1 fully saturated rings. The average Bonchev–Trinajstić information content (AvgIpc) is 2.72. The lowest BCUT2D eigenvalue weighted by Crippen LogP contribution is -2.51. The molecule has 1 N–H and O–H groups in total. The van der Waals surface area contributed by atoms with E-state index in [0.717, 1.165) is 10.9 Å². The van der Waals surface area contributed by atoms with Crippen molar-refractivity contribution in [1.29, 1.82) is 0 Å². The third-order valence-corrected chi connectivity index (χ3v) is 4.23. The minimum absolute atomic E-state index is 0.0619. The molecule has 0 spiro atoms. The summed E-state index contributed by atoms with van der Waals surface area (Å²) in [6.07, 6.45) is 1.67. The number of aromatic nitrogens is 2. The molecule has 1 aliphatic rings. The average molecular weight is 378 g/mol. The molecule has 2 amide bonds. The van der Waals surface area contributed by atoms with Crippen LogP contribution in [0, 0.1) is 0 Å². The van der Waals surface area contributed by atoms with Crippen molar-refractivity contribution in [3.63, 3.8) is 0 Å². The molecule has 8 nitrogen and oxygen atoms in total. The fraction of sp³-hybridized carbons (Fsp3) is 0.200. The van der Waals surface area contributed by atoms with Gasteiger partial charge in [0.15, 0.2) is 6.61 Å². The molecule has 4 rings (SSSR count). The first kappa shape index (κ1) is 17.7. The van der Waals surface area contributed by atoms with Gasteiger partial charge in [-0.1, -0.05) is 6.07 Å². The lowest BCUT2D eigenvalue weighted by Gasteiger charge is -2.26. The Balaban J connectivity index is 1.41. The maximum absolute atomic E-state index is 12.2. The fourth-order valence-corrected chi connectivity index (χ4v) is 2.84. The van der Waals surface area contributed by atoms with E-state index in [1.54, 1.807) is 24.4 Å². The van der Waals surface area contributed by atoms with Gasteiger partial charge in [-0.05, 0) is 30.3 Å². The highest BCUT2D eigenvalue weighted by molar-refractivity contribution is 5.86. The summed E-state index contributed by atoms with van der Waals surface area (Å²) in [5, 5.41) is 3.56. The Kier molecular flexibility index (Phi) is 5.01. The lowest BCUT2D eigenvalue weighted by molar-refractivity contribution is -0.139. The highest BCUT2D eigenvalue weighted by Gasteiger charge is 2.21. The zero-order valence-corrected chi connectivity index (χ0v) is 15.0. The van der Waals surface area contributed by atoms with Crippen LogP contribution in [-0.2, 0) is 9.59 Å². The maximum Gasteiger partial charge on any atom is 0.261 e. The van der Waals surface area contributed by atoms with E-state index in [1.807, 2.05) is 30.3 Å². The Labute approximate surface area is 161 Å². The third-order valence-electron chi connectivity index (χ3n) is 4.23. The molecule has 28 heavy (non-hydrogen) atoms. The van der Waals surface area contributed by atoms with Gasteiger partial charge in [0.2, 0.25) is 17.7 Å². The molecule has 142 valence electrons. The van der Waals surface area contributed by atoms with Gasteiger partial charge in [-0.25, -0.2) is 9.97 Å². The van der Waals surface area contributed by atoms with Crippen LogP contribution in [0.3, 0.4) is 0 Å². The number of benzene rings is 1. The fourth-order valence-electron chi connectivity index (χ4n) is 2.84. The SMILES string of the molecule is O=C1CN(C(=O)COc2ccc3cc(Oc4ccccn4)ccc3n2)CCN1. The molecule has 3 heterocycles. The number of amides is 2. The number of piperazine rings is 1. The monoisotopic (exact) mass is 378 g/mol. The van der Waals surface area contributed by atoms with E-state index in [1.165, 1.54) is 4.90 Å². The standard InChI is InChI=1S/C20H18N4O4/c25-17-12-24(10-9-21-17)20(26)13-27-19-7-4-14-11-15(5-6-16(14)23-19)28-18-3-1-2-8-22-18/h1-8,11H,9-10,12-13H2,(H,21,25). The Bertz CT molecular complexity index is 1010. The van der Waals surface area contributed by atoms with Crippen molar-refractivity contribution in [3.8, 4) is 17.5 Å². The molecule has 0 radical (unpaired) electrons.